The van der Waals surface area contributed by atoms with Crippen molar-refractivity contribution in [2.45, 2.75) is 58.2 Å². The number of nitrogens with zero attached hydrogens (tertiary/aromatic N) is 2. The molecular formula is C26H32N4O3. The Kier molecular flexibility index (Phi) is 8.35. The number of carbonyl (C=O) groups is 3. The average molecular weight is 449 g/mol. The fourth-order valence-corrected chi connectivity index (χ4v) is 3.79. The number of likely N-dealkylation sites (N-methyl/N-ethyl adjacent to an activating group) is 1. The first-order valence-corrected chi connectivity index (χ1v) is 11.5. The largest absolute Gasteiger partial charge is 0.345 e. The summed E-state index contributed by atoms with van der Waals surface area (Å²) >= 11 is 0. The molecule has 0 saturated heterocycles. The molecule has 7 heteroatoms. The fraction of sp³-hybridized carbons (Fsp3) is 0.385. The van der Waals surface area contributed by atoms with E-state index >= 15 is 0 Å². The first-order valence-electron chi connectivity index (χ1n) is 11.5. The summed E-state index contributed by atoms with van der Waals surface area (Å²) in [6, 6.07) is 16.3. The summed E-state index contributed by atoms with van der Waals surface area (Å²) in [5.74, 6) is -0.968. The van der Waals surface area contributed by atoms with Crippen LogP contribution >= 0.6 is 0 Å². The predicted molar refractivity (Wildman–Crippen MR) is 130 cm³/mol. The molecule has 0 aliphatic carbocycles. The molecule has 33 heavy (non-hydrogen) atoms. The maximum absolute atomic E-state index is 13.2. The summed E-state index contributed by atoms with van der Waals surface area (Å²) in [6.45, 7) is 3.73. The van der Waals surface area contributed by atoms with Crippen LogP contribution in [-0.2, 0) is 14.4 Å². The first-order chi connectivity index (χ1) is 15.9. The maximum Gasteiger partial charge on any atom is 0.272 e. The number of anilines is 1. The van der Waals surface area contributed by atoms with E-state index in [0.717, 1.165) is 42.5 Å². The van der Waals surface area contributed by atoms with Gasteiger partial charge >= 0.3 is 0 Å². The van der Waals surface area contributed by atoms with Crippen molar-refractivity contribution >= 4 is 29.1 Å². The Morgan fingerprint density at radius 2 is 1.73 bits per heavy atom. The highest BCUT2D eigenvalue weighted by Gasteiger charge is 2.32. The van der Waals surface area contributed by atoms with E-state index in [1.165, 1.54) is 4.90 Å². The molecule has 2 atom stereocenters. The van der Waals surface area contributed by atoms with E-state index in [4.69, 9.17) is 0 Å². The van der Waals surface area contributed by atoms with Crippen molar-refractivity contribution in [2.75, 3.05) is 11.9 Å². The van der Waals surface area contributed by atoms with Gasteiger partial charge < -0.3 is 15.5 Å². The molecular weight excluding hydrogens is 416 g/mol. The van der Waals surface area contributed by atoms with Gasteiger partial charge in [0.15, 0.2) is 0 Å². The summed E-state index contributed by atoms with van der Waals surface area (Å²) < 4.78 is 0. The van der Waals surface area contributed by atoms with E-state index in [0.29, 0.717) is 12.1 Å². The second kappa shape index (κ2) is 11.4. The SMILES string of the molecule is CCCCCCC(=O)N[C@@H](C)C(=O)N[C@H]1N=C(c2ccccc2)c2ccccc2N(C)C1=O. The van der Waals surface area contributed by atoms with Gasteiger partial charge in [0.1, 0.15) is 6.04 Å². The van der Waals surface area contributed by atoms with E-state index in [1.54, 1.807) is 14.0 Å². The fourth-order valence-electron chi connectivity index (χ4n) is 3.79. The molecule has 0 bridgehead atoms. The number of benzene rings is 2. The first kappa shape index (κ1) is 24.2. The molecule has 0 spiro atoms. The van der Waals surface area contributed by atoms with Gasteiger partial charge in [-0.2, -0.15) is 0 Å². The van der Waals surface area contributed by atoms with E-state index in [2.05, 4.69) is 22.5 Å². The van der Waals surface area contributed by atoms with Crippen molar-refractivity contribution in [1.29, 1.82) is 0 Å². The average Bonchev–Trinajstić information content (AvgIpc) is 2.93. The third-order valence-electron chi connectivity index (χ3n) is 5.70. The Balaban J connectivity index is 1.78. The van der Waals surface area contributed by atoms with Crippen LogP contribution in [-0.4, -0.2) is 42.7 Å². The number of rotatable bonds is 9. The number of hydrogen-bond donors (Lipinski definition) is 2. The summed E-state index contributed by atoms with van der Waals surface area (Å²) in [5, 5.41) is 5.45. The highest BCUT2D eigenvalue weighted by molar-refractivity contribution is 6.20. The standard InChI is InChI=1S/C26H32N4O3/c1-4-5-6-10-17-22(31)27-18(2)25(32)29-24-26(33)30(3)21-16-12-11-15-20(21)23(28-24)19-13-8-7-9-14-19/h7-9,11-16,18,24H,4-6,10,17H2,1-3H3,(H,27,31)(H,29,32)/t18-,24+/m0/s1. The molecule has 1 aliphatic rings. The lowest BCUT2D eigenvalue weighted by Gasteiger charge is -2.22. The van der Waals surface area contributed by atoms with Crippen molar-refractivity contribution in [1.82, 2.24) is 10.6 Å². The second-order valence-electron chi connectivity index (χ2n) is 8.27. The van der Waals surface area contributed by atoms with Crippen LogP contribution in [0.15, 0.2) is 59.6 Å². The lowest BCUT2D eigenvalue weighted by atomic mass is 10.0. The number of amides is 3. The number of hydrogen-bond acceptors (Lipinski definition) is 4. The highest BCUT2D eigenvalue weighted by atomic mass is 16.2. The summed E-state index contributed by atoms with van der Waals surface area (Å²) in [5.41, 5.74) is 3.00. The van der Waals surface area contributed by atoms with Gasteiger partial charge in [0.2, 0.25) is 18.0 Å². The molecule has 2 aromatic rings. The molecule has 0 saturated carbocycles. The van der Waals surface area contributed by atoms with E-state index < -0.39 is 18.1 Å². The van der Waals surface area contributed by atoms with Crippen molar-refractivity contribution in [3.63, 3.8) is 0 Å². The molecule has 0 radical (unpaired) electrons. The summed E-state index contributed by atoms with van der Waals surface area (Å²) in [7, 11) is 1.67. The van der Waals surface area contributed by atoms with Crippen LogP contribution in [0.5, 0.6) is 0 Å². The third-order valence-corrected chi connectivity index (χ3v) is 5.70. The van der Waals surface area contributed by atoms with Crippen molar-refractivity contribution in [3.05, 3.63) is 65.7 Å². The molecule has 0 fully saturated rings. The smallest absolute Gasteiger partial charge is 0.272 e. The number of unbranched alkanes of at least 4 members (excludes halogenated alkanes) is 3. The van der Waals surface area contributed by atoms with E-state index in [1.807, 2.05) is 54.6 Å². The molecule has 1 aliphatic heterocycles. The number of fused-ring (bicyclic) bond motifs is 1. The van der Waals surface area contributed by atoms with Gasteiger partial charge in [-0.05, 0) is 19.4 Å². The Hall–Kier alpha value is -3.48. The molecule has 7 nitrogen and oxygen atoms in total. The van der Waals surface area contributed by atoms with Crippen LogP contribution in [0.4, 0.5) is 5.69 Å². The lowest BCUT2D eigenvalue weighted by Crippen LogP contribution is -2.52. The molecule has 3 amide bonds. The molecule has 3 rings (SSSR count). The number of para-hydroxylation sites is 1. The van der Waals surface area contributed by atoms with Crippen LogP contribution in [0.25, 0.3) is 0 Å². The minimum Gasteiger partial charge on any atom is -0.345 e. The zero-order valence-electron chi connectivity index (χ0n) is 19.5. The van der Waals surface area contributed by atoms with Crippen molar-refractivity contribution in [3.8, 4) is 0 Å². The number of benzodiazepines with no additional fused rings is 1. The second-order valence-corrected chi connectivity index (χ2v) is 8.27. The van der Waals surface area contributed by atoms with Gasteiger partial charge in [0.25, 0.3) is 5.91 Å². The lowest BCUT2D eigenvalue weighted by molar-refractivity contribution is -0.130. The van der Waals surface area contributed by atoms with E-state index in [-0.39, 0.29) is 11.8 Å². The predicted octanol–water partition coefficient (Wildman–Crippen LogP) is 3.42. The van der Waals surface area contributed by atoms with Crippen LogP contribution in [0.2, 0.25) is 0 Å². The molecule has 2 aromatic carbocycles. The maximum atomic E-state index is 13.2. The summed E-state index contributed by atoms with van der Waals surface area (Å²) in [4.78, 5) is 44.4. The van der Waals surface area contributed by atoms with E-state index in [9.17, 15) is 14.4 Å². The molecule has 174 valence electrons. The normalized spacial score (nSPS) is 16.3. The van der Waals surface area contributed by atoms with Gasteiger partial charge in [-0.25, -0.2) is 4.99 Å². The van der Waals surface area contributed by atoms with Crippen LogP contribution < -0.4 is 15.5 Å². The Labute approximate surface area is 195 Å². The molecule has 0 aromatic heterocycles. The number of aliphatic imine (C=N–C) groups is 1. The van der Waals surface area contributed by atoms with Crippen LogP contribution in [0.3, 0.4) is 0 Å². The van der Waals surface area contributed by atoms with Gasteiger partial charge in [0, 0.05) is 24.6 Å². The van der Waals surface area contributed by atoms with Gasteiger partial charge in [-0.15, -0.1) is 0 Å². The van der Waals surface area contributed by atoms with Gasteiger partial charge in [-0.3, -0.25) is 14.4 Å². The Morgan fingerprint density at radius 1 is 1.03 bits per heavy atom. The Morgan fingerprint density at radius 3 is 2.45 bits per heavy atom. The highest BCUT2D eigenvalue weighted by Crippen LogP contribution is 2.27. The zero-order valence-corrected chi connectivity index (χ0v) is 19.5. The summed E-state index contributed by atoms with van der Waals surface area (Å²) in [6.07, 6.45) is 3.25. The van der Waals surface area contributed by atoms with Gasteiger partial charge in [-0.1, -0.05) is 74.7 Å². The Bertz CT molecular complexity index is 1020. The molecule has 0 unspecified atom stereocenters. The topological polar surface area (TPSA) is 90.9 Å². The molecule has 2 N–H and O–H groups in total. The quantitative estimate of drug-likeness (QED) is 0.576. The van der Waals surface area contributed by atoms with Crippen LogP contribution in [0.1, 0.15) is 57.1 Å². The van der Waals surface area contributed by atoms with Crippen LogP contribution in [0, 0.1) is 0 Å². The monoisotopic (exact) mass is 448 g/mol. The minimum atomic E-state index is -1.10. The number of carbonyl (C=O) groups excluding carboxylic acids is 3. The zero-order chi connectivity index (χ0) is 23.8. The van der Waals surface area contributed by atoms with Crippen molar-refractivity contribution in [2.24, 2.45) is 4.99 Å². The molecule has 1 heterocycles. The number of nitrogens with one attached hydrogen (secondary N) is 2. The third kappa shape index (κ3) is 6.06. The van der Waals surface area contributed by atoms with Gasteiger partial charge in [0.05, 0.1) is 11.4 Å². The minimum absolute atomic E-state index is 0.168. The van der Waals surface area contributed by atoms with Crippen molar-refractivity contribution < 1.29 is 14.4 Å².